The first-order valence-corrected chi connectivity index (χ1v) is 10.7. The molecular weight excluding hydrogens is 433 g/mol. The van der Waals surface area contributed by atoms with E-state index in [1.54, 1.807) is 34.2 Å². The molecule has 1 amide bonds. The summed E-state index contributed by atoms with van der Waals surface area (Å²) in [6.45, 7) is 4.00. The van der Waals surface area contributed by atoms with Crippen LogP contribution < -0.4 is 4.90 Å². The van der Waals surface area contributed by atoms with Crippen molar-refractivity contribution in [2.45, 2.75) is 13.5 Å². The predicted molar refractivity (Wildman–Crippen MR) is 120 cm³/mol. The Labute approximate surface area is 188 Å². The van der Waals surface area contributed by atoms with Crippen LogP contribution in [-0.2, 0) is 11.3 Å². The highest BCUT2D eigenvalue weighted by molar-refractivity contribution is 6.31. The van der Waals surface area contributed by atoms with Crippen LogP contribution in [0.3, 0.4) is 0 Å². The molecule has 0 aliphatic carbocycles. The van der Waals surface area contributed by atoms with E-state index in [9.17, 15) is 9.18 Å². The Morgan fingerprint density at radius 2 is 2.00 bits per heavy atom. The van der Waals surface area contributed by atoms with Gasteiger partial charge in [0.25, 0.3) is 0 Å². The lowest BCUT2D eigenvalue weighted by molar-refractivity contribution is -0.132. The maximum Gasteiger partial charge on any atom is 0.244 e. The second-order valence-corrected chi connectivity index (χ2v) is 8.15. The summed E-state index contributed by atoms with van der Waals surface area (Å²) >= 11 is 6.01. The van der Waals surface area contributed by atoms with Gasteiger partial charge in [0, 0.05) is 49.8 Å². The van der Waals surface area contributed by atoms with E-state index in [-0.39, 0.29) is 18.3 Å². The van der Waals surface area contributed by atoms with Crippen LogP contribution in [0.2, 0.25) is 5.02 Å². The number of carbonyl (C=O) groups excluding carboxylic acids is 1. The molecule has 1 fully saturated rings. The molecule has 1 N–H and O–H groups in total. The van der Waals surface area contributed by atoms with Gasteiger partial charge in [-0.25, -0.2) is 19.0 Å². The molecular formula is C22H21ClFN7O. The largest absolute Gasteiger partial charge is 0.366 e. The fraction of sp³-hybridized carbons (Fsp3) is 0.273. The number of nitrogens with one attached hydrogen (secondary N) is 1. The van der Waals surface area contributed by atoms with E-state index in [0.717, 1.165) is 10.9 Å². The molecule has 0 saturated carbocycles. The molecule has 1 aliphatic heterocycles. The first kappa shape index (κ1) is 20.4. The minimum atomic E-state index is -0.347. The first-order chi connectivity index (χ1) is 15.5. The highest BCUT2D eigenvalue weighted by atomic mass is 35.5. The molecule has 32 heavy (non-hydrogen) atoms. The fourth-order valence-electron chi connectivity index (χ4n) is 4.00. The van der Waals surface area contributed by atoms with Gasteiger partial charge in [0.05, 0.1) is 11.1 Å². The molecule has 1 saturated heterocycles. The number of amides is 1. The summed E-state index contributed by atoms with van der Waals surface area (Å²) < 4.78 is 16.0. The lowest BCUT2D eigenvalue weighted by Gasteiger charge is -2.36. The van der Waals surface area contributed by atoms with Crippen LogP contribution in [0.15, 0.2) is 42.9 Å². The molecule has 0 radical (unpaired) electrons. The van der Waals surface area contributed by atoms with Gasteiger partial charge in [-0.15, -0.1) is 0 Å². The van der Waals surface area contributed by atoms with Gasteiger partial charge in [-0.05, 0) is 36.8 Å². The molecule has 3 aromatic heterocycles. The van der Waals surface area contributed by atoms with Gasteiger partial charge in [-0.1, -0.05) is 11.6 Å². The molecule has 10 heteroatoms. The van der Waals surface area contributed by atoms with Crippen LogP contribution in [-0.4, -0.2) is 61.7 Å². The lowest BCUT2D eigenvalue weighted by atomic mass is 10.1. The topological polar surface area (TPSA) is 82.9 Å². The van der Waals surface area contributed by atoms with E-state index >= 15 is 0 Å². The highest BCUT2D eigenvalue weighted by Crippen LogP contribution is 2.28. The van der Waals surface area contributed by atoms with E-state index in [4.69, 9.17) is 11.6 Å². The third-order valence-corrected chi connectivity index (χ3v) is 6.12. The van der Waals surface area contributed by atoms with E-state index < -0.39 is 0 Å². The maximum atomic E-state index is 14.4. The predicted octanol–water partition coefficient (Wildman–Crippen LogP) is 3.27. The summed E-state index contributed by atoms with van der Waals surface area (Å²) in [7, 11) is 0. The Balaban J connectivity index is 1.31. The van der Waals surface area contributed by atoms with Gasteiger partial charge in [-0.3, -0.25) is 4.79 Å². The van der Waals surface area contributed by atoms with Crippen LogP contribution in [0.1, 0.15) is 5.56 Å². The van der Waals surface area contributed by atoms with Crippen molar-refractivity contribution in [3.8, 4) is 11.5 Å². The summed E-state index contributed by atoms with van der Waals surface area (Å²) in [5.41, 5.74) is 2.63. The van der Waals surface area contributed by atoms with E-state index in [0.29, 0.717) is 54.1 Å². The van der Waals surface area contributed by atoms with Crippen molar-refractivity contribution in [3.63, 3.8) is 0 Å². The number of aromatic nitrogens is 5. The Morgan fingerprint density at radius 1 is 1.19 bits per heavy atom. The van der Waals surface area contributed by atoms with E-state index in [1.165, 1.54) is 6.07 Å². The Hall–Kier alpha value is -3.46. The second-order valence-electron chi connectivity index (χ2n) is 7.74. The van der Waals surface area contributed by atoms with Crippen molar-refractivity contribution in [2.24, 2.45) is 0 Å². The summed E-state index contributed by atoms with van der Waals surface area (Å²) in [4.78, 5) is 28.5. The summed E-state index contributed by atoms with van der Waals surface area (Å²) in [5.74, 6) is 0.224. The average Bonchev–Trinajstić information content (AvgIpc) is 3.45. The monoisotopic (exact) mass is 453 g/mol. The third kappa shape index (κ3) is 3.69. The molecule has 164 valence electrons. The number of anilines is 1. The normalized spacial score (nSPS) is 14.3. The number of aryl methyl sites for hydroxylation is 1. The molecule has 8 nitrogen and oxygen atoms in total. The van der Waals surface area contributed by atoms with Crippen LogP contribution in [0, 0.1) is 12.7 Å². The Kier molecular flexibility index (Phi) is 5.26. The zero-order valence-corrected chi connectivity index (χ0v) is 18.2. The van der Waals surface area contributed by atoms with Gasteiger partial charge in [0.15, 0.2) is 11.5 Å². The number of aromatic amines is 1. The number of hydrogen-bond donors (Lipinski definition) is 1. The molecule has 0 bridgehead atoms. The fourth-order valence-corrected chi connectivity index (χ4v) is 4.15. The molecule has 4 aromatic rings. The molecule has 1 aromatic carbocycles. The van der Waals surface area contributed by atoms with Crippen LogP contribution in [0.4, 0.5) is 10.1 Å². The van der Waals surface area contributed by atoms with Crippen molar-refractivity contribution in [2.75, 3.05) is 31.1 Å². The number of nitrogens with zero attached hydrogens (tertiary/aromatic N) is 6. The quantitative estimate of drug-likeness (QED) is 0.512. The number of pyridine rings is 1. The number of H-pyrrole nitrogens is 1. The summed E-state index contributed by atoms with van der Waals surface area (Å²) in [6.07, 6.45) is 5.07. The van der Waals surface area contributed by atoms with Crippen molar-refractivity contribution in [1.82, 2.24) is 29.6 Å². The minimum absolute atomic E-state index is 0.0570. The number of piperazine rings is 1. The average molecular weight is 454 g/mol. The van der Waals surface area contributed by atoms with Crippen molar-refractivity contribution in [1.29, 1.82) is 0 Å². The molecule has 5 rings (SSSR count). The Morgan fingerprint density at radius 3 is 2.75 bits per heavy atom. The molecule has 0 unspecified atom stereocenters. The SMILES string of the molecule is Cc1cc(N2CCN(C(=O)Cn3nc(-c4ncc[nH]4)c4cccnc43)CC2)c(F)cc1Cl. The molecule has 4 heterocycles. The zero-order valence-electron chi connectivity index (χ0n) is 17.4. The molecule has 0 atom stereocenters. The van der Waals surface area contributed by atoms with E-state index in [2.05, 4.69) is 20.1 Å². The minimum Gasteiger partial charge on any atom is -0.366 e. The standard InChI is InChI=1S/C22H21ClFN7O/c1-14-11-18(17(24)12-16(14)23)29-7-9-30(10-8-29)19(32)13-31-22-15(3-2-4-27-22)20(28-31)21-25-5-6-26-21/h2-6,11-12H,7-10,13H2,1H3,(H,25,26). The number of carbonyl (C=O) groups is 1. The highest BCUT2D eigenvalue weighted by Gasteiger charge is 2.25. The van der Waals surface area contributed by atoms with E-state index in [1.807, 2.05) is 24.0 Å². The second kappa shape index (κ2) is 8.23. The van der Waals surface area contributed by atoms with Crippen molar-refractivity contribution >= 4 is 34.2 Å². The zero-order chi connectivity index (χ0) is 22.2. The van der Waals surface area contributed by atoms with Crippen molar-refractivity contribution in [3.05, 3.63) is 59.3 Å². The number of hydrogen-bond acceptors (Lipinski definition) is 5. The van der Waals surface area contributed by atoms with Gasteiger partial charge in [0.2, 0.25) is 5.91 Å². The Bertz CT molecular complexity index is 1280. The van der Waals surface area contributed by atoms with Crippen LogP contribution in [0.5, 0.6) is 0 Å². The van der Waals surface area contributed by atoms with Crippen LogP contribution >= 0.6 is 11.6 Å². The van der Waals surface area contributed by atoms with Gasteiger partial charge >= 0.3 is 0 Å². The van der Waals surface area contributed by atoms with Gasteiger partial charge in [0.1, 0.15) is 18.1 Å². The summed E-state index contributed by atoms with van der Waals surface area (Å²) in [5, 5.41) is 5.84. The van der Waals surface area contributed by atoms with Crippen LogP contribution in [0.25, 0.3) is 22.6 Å². The smallest absolute Gasteiger partial charge is 0.244 e. The number of fused-ring (bicyclic) bond motifs is 1. The lowest BCUT2D eigenvalue weighted by Crippen LogP contribution is -2.50. The molecule has 1 aliphatic rings. The maximum absolute atomic E-state index is 14.4. The van der Waals surface area contributed by atoms with Gasteiger partial charge in [-0.2, -0.15) is 5.10 Å². The van der Waals surface area contributed by atoms with Crippen molar-refractivity contribution < 1.29 is 9.18 Å². The number of benzene rings is 1. The molecule has 0 spiro atoms. The third-order valence-electron chi connectivity index (χ3n) is 5.72. The number of halogens is 2. The van der Waals surface area contributed by atoms with Gasteiger partial charge < -0.3 is 14.8 Å². The summed E-state index contributed by atoms with van der Waals surface area (Å²) in [6, 6.07) is 6.85. The first-order valence-electron chi connectivity index (χ1n) is 10.3. The number of imidazole rings is 1. The number of rotatable bonds is 4.